The number of methoxy groups -OCH3 is 2. The lowest BCUT2D eigenvalue weighted by molar-refractivity contribution is -0.123. The number of hydrogen-bond acceptors (Lipinski definition) is 5. The number of rotatable bonds is 8. The van der Waals surface area contributed by atoms with E-state index in [2.05, 4.69) is 21.3 Å². The molecule has 0 saturated heterocycles. The maximum Gasteiger partial charge on any atom is 0.319 e. The number of urea groups is 1. The Balaban J connectivity index is 1.77. The SMILES string of the molecule is COc1ccc(NC(=O)NCCNC(=O)c2ccc(NC(=O)C(C)(C)C)cc2)c(OC)c1. The van der Waals surface area contributed by atoms with Crippen molar-refractivity contribution in [1.29, 1.82) is 0 Å². The van der Waals surface area contributed by atoms with Gasteiger partial charge in [0.2, 0.25) is 5.91 Å². The molecule has 0 spiro atoms. The molecule has 2 aromatic carbocycles. The first-order valence-corrected chi connectivity index (χ1v) is 10.1. The molecule has 0 radical (unpaired) electrons. The van der Waals surface area contributed by atoms with Gasteiger partial charge in [-0.05, 0) is 36.4 Å². The average molecular weight is 443 g/mol. The Morgan fingerprint density at radius 1 is 0.844 bits per heavy atom. The van der Waals surface area contributed by atoms with Crippen LogP contribution in [0.15, 0.2) is 42.5 Å². The fraction of sp³-hybridized carbons (Fsp3) is 0.348. The number of amides is 4. The Hall–Kier alpha value is -3.75. The van der Waals surface area contributed by atoms with Gasteiger partial charge >= 0.3 is 6.03 Å². The van der Waals surface area contributed by atoms with Gasteiger partial charge < -0.3 is 30.7 Å². The molecule has 32 heavy (non-hydrogen) atoms. The number of hydrogen-bond donors (Lipinski definition) is 4. The van der Waals surface area contributed by atoms with Gasteiger partial charge in [-0.2, -0.15) is 0 Å². The molecule has 2 rings (SSSR count). The Bertz CT molecular complexity index is 952. The lowest BCUT2D eigenvalue weighted by Gasteiger charge is -2.17. The first-order chi connectivity index (χ1) is 15.1. The third-order valence-electron chi connectivity index (χ3n) is 4.44. The molecule has 9 heteroatoms. The highest BCUT2D eigenvalue weighted by atomic mass is 16.5. The second-order valence-electron chi connectivity index (χ2n) is 7.98. The summed E-state index contributed by atoms with van der Waals surface area (Å²) in [6, 6.07) is 11.2. The summed E-state index contributed by atoms with van der Waals surface area (Å²) in [7, 11) is 3.04. The quantitative estimate of drug-likeness (QED) is 0.468. The summed E-state index contributed by atoms with van der Waals surface area (Å²) in [5.41, 5.74) is 1.06. The highest BCUT2D eigenvalue weighted by Crippen LogP contribution is 2.28. The minimum absolute atomic E-state index is 0.105. The molecule has 172 valence electrons. The summed E-state index contributed by atoms with van der Waals surface area (Å²) in [5.74, 6) is 0.694. The zero-order valence-corrected chi connectivity index (χ0v) is 19.0. The van der Waals surface area contributed by atoms with Gasteiger partial charge in [-0.25, -0.2) is 4.79 Å². The second-order valence-corrected chi connectivity index (χ2v) is 7.98. The Kier molecular flexibility index (Phi) is 8.46. The number of nitrogens with one attached hydrogen (secondary N) is 4. The van der Waals surface area contributed by atoms with Gasteiger partial charge in [-0.15, -0.1) is 0 Å². The molecule has 9 nitrogen and oxygen atoms in total. The van der Waals surface area contributed by atoms with Crippen LogP contribution in [-0.4, -0.2) is 45.2 Å². The first kappa shape index (κ1) is 24.5. The molecule has 0 fully saturated rings. The van der Waals surface area contributed by atoms with Crippen molar-refractivity contribution in [2.75, 3.05) is 37.9 Å². The van der Waals surface area contributed by atoms with E-state index in [4.69, 9.17) is 9.47 Å². The first-order valence-electron chi connectivity index (χ1n) is 10.1. The standard InChI is InChI=1S/C23H30N4O5/c1-23(2,3)21(29)26-16-8-6-15(7-9-16)20(28)24-12-13-25-22(30)27-18-11-10-17(31-4)14-19(18)32-5/h6-11,14H,12-13H2,1-5H3,(H,24,28)(H,26,29)(H2,25,27,30). The largest absolute Gasteiger partial charge is 0.497 e. The van der Waals surface area contributed by atoms with Crippen LogP contribution in [0.5, 0.6) is 11.5 Å². The molecule has 0 aliphatic rings. The number of benzene rings is 2. The van der Waals surface area contributed by atoms with Crippen molar-refractivity contribution < 1.29 is 23.9 Å². The summed E-state index contributed by atoms with van der Waals surface area (Å²) in [5, 5.41) is 10.9. The third-order valence-corrected chi connectivity index (χ3v) is 4.44. The van der Waals surface area contributed by atoms with Crippen LogP contribution in [-0.2, 0) is 4.79 Å². The zero-order chi connectivity index (χ0) is 23.7. The molecular formula is C23H30N4O5. The highest BCUT2D eigenvalue weighted by molar-refractivity contribution is 5.97. The average Bonchev–Trinajstić information content (AvgIpc) is 2.76. The van der Waals surface area contributed by atoms with Crippen molar-refractivity contribution in [3.8, 4) is 11.5 Å². The van der Waals surface area contributed by atoms with Crippen molar-refractivity contribution in [3.63, 3.8) is 0 Å². The van der Waals surface area contributed by atoms with E-state index in [1.165, 1.54) is 7.11 Å². The van der Waals surface area contributed by atoms with Gasteiger partial charge in [0.25, 0.3) is 5.91 Å². The molecule has 2 aromatic rings. The van der Waals surface area contributed by atoms with E-state index in [1.807, 2.05) is 20.8 Å². The van der Waals surface area contributed by atoms with Crippen LogP contribution in [0.3, 0.4) is 0 Å². The minimum Gasteiger partial charge on any atom is -0.497 e. The number of ether oxygens (including phenoxy) is 2. The maximum atomic E-state index is 12.3. The summed E-state index contributed by atoms with van der Waals surface area (Å²) >= 11 is 0. The number of carbonyl (C=O) groups excluding carboxylic acids is 3. The summed E-state index contributed by atoms with van der Waals surface area (Å²) < 4.78 is 10.4. The fourth-order valence-corrected chi connectivity index (χ4v) is 2.55. The van der Waals surface area contributed by atoms with Gasteiger partial charge in [0.05, 0.1) is 19.9 Å². The van der Waals surface area contributed by atoms with E-state index < -0.39 is 11.4 Å². The summed E-state index contributed by atoms with van der Waals surface area (Å²) in [4.78, 5) is 36.4. The van der Waals surface area contributed by atoms with E-state index in [0.717, 1.165) is 0 Å². The molecular weight excluding hydrogens is 412 g/mol. The maximum absolute atomic E-state index is 12.3. The predicted molar refractivity (Wildman–Crippen MR) is 123 cm³/mol. The summed E-state index contributed by atoms with van der Waals surface area (Å²) in [6.07, 6.45) is 0. The second kappa shape index (κ2) is 11.0. The van der Waals surface area contributed by atoms with Crippen LogP contribution in [0.2, 0.25) is 0 Å². The molecule has 0 heterocycles. The molecule has 0 saturated carbocycles. The molecule has 0 aromatic heterocycles. The van der Waals surface area contributed by atoms with Crippen molar-refractivity contribution in [2.45, 2.75) is 20.8 Å². The lowest BCUT2D eigenvalue weighted by atomic mass is 9.95. The van der Waals surface area contributed by atoms with E-state index in [-0.39, 0.29) is 24.9 Å². The van der Waals surface area contributed by atoms with Crippen molar-refractivity contribution >= 4 is 29.2 Å². The van der Waals surface area contributed by atoms with E-state index >= 15 is 0 Å². The van der Waals surface area contributed by atoms with Crippen LogP contribution >= 0.6 is 0 Å². The third kappa shape index (κ3) is 7.19. The molecule has 0 bridgehead atoms. The lowest BCUT2D eigenvalue weighted by Crippen LogP contribution is -2.36. The Labute approximate surface area is 187 Å². The van der Waals surface area contributed by atoms with Crippen LogP contribution in [0, 0.1) is 5.41 Å². The predicted octanol–water partition coefficient (Wildman–Crippen LogP) is 3.24. The number of carbonyl (C=O) groups is 3. The topological polar surface area (TPSA) is 118 Å². The zero-order valence-electron chi connectivity index (χ0n) is 19.0. The smallest absolute Gasteiger partial charge is 0.319 e. The van der Waals surface area contributed by atoms with Gasteiger partial charge in [0, 0.05) is 35.8 Å². The van der Waals surface area contributed by atoms with Crippen LogP contribution in [0.4, 0.5) is 16.2 Å². The number of anilines is 2. The van der Waals surface area contributed by atoms with Crippen LogP contribution in [0.25, 0.3) is 0 Å². The summed E-state index contributed by atoms with van der Waals surface area (Å²) in [6.45, 7) is 5.95. The van der Waals surface area contributed by atoms with E-state index in [0.29, 0.717) is 28.4 Å². The highest BCUT2D eigenvalue weighted by Gasteiger charge is 2.21. The fourth-order valence-electron chi connectivity index (χ4n) is 2.55. The monoisotopic (exact) mass is 442 g/mol. The normalized spacial score (nSPS) is 10.7. The van der Waals surface area contributed by atoms with Crippen molar-refractivity contribution in [3.05, 3.63) is 48.0 Å². The van der Waals surface area contributed by atoms with Gasteiger partial charge in [-0.1, -0.05) is 20.8 Å². The molecule has 0 aliphatic carbocycles. The molecule has 0 unspecified atom stereocenters. The minimum atomic E-state index is -0.506. The molecule has 4 N–H and O–H groups in total. The molecule has 4 amide bonds. The Morgan fingerprint density at radius 2 is 1.50 bits per heavy atom. The van der Waals surface area contributed by atoms with Crippen LogP contribution < -0.4 is 30.7 Å². The van der Waals surface area contributed by atoms with Crippen molar-refractivity contribution in [1.82, 2.24) is 10.6 Å². The van der Waals surface area contributed by atoms with Crippen LogP contribution in [0.1, 0.15) is 31.1 Å². The van der Waals surface area contributed by atoms with E-state index in [9.17, 15) is 14.4 Å². The van der Waals surface area contributed by atoms with Gasteiger partial charge in [0.1, 0.15) is 11.5 Å². The molecule has 0 atom stereocenters. The van der Waals surface area contributed by atoms with Gasteiger partial charge in [-0.3, -0.25) is 9.59 Å². The molecule has 0 aliphatic heterocycles. The Morgan fingerprint density at radius 3 is 2.09 bits per heavy atom. The van der Waals surface area contributed by atoms with E-state index in [1.54, 1.807) is 49.6 Å². The van der Waals surface area contributed by atoms with Gasteiger partial charge in [0.15, 0.2) is 0 Å². The van der Waals surface area contributed by atoms with Crippen molar-refractivity contribution in [2.24, 2.45) is 5.41 Å².